The first-order valence-electron chi connectivity index (χ1n) is 11.6. The van der Waals surface area contributed by atoms with Crippen LogP contribution in [0.5, 0.6) is 0 Å². The van der Waals surface area contributed by atoms with Crippen molar-refractivity contribution in [3.05, 3.63) is 130 Å². The second-order valence-corrected chi connectivity index (χ2v) is 8.29. The van der Waals surface area contributed by atoms with E-state index in [0.717, 1.165) is 22.9 Å². The third-order valence-corrected chi connectivity index (χ3v) is 5.71. The molecule has 3 aromatic carbocycles. The van der Waals surface area contributed by atoms with Crippen LogP contribution in [0.4, 0.5) is 0 Å². The summed E-state index contributed by atoms with van der Waals surface area (Å²) in [5.41, 5.74) is 3.06. The van der Waals surface area contributed by atoms with Crippen molar-refractivity contribution in [2.45, 2.75) is 44.2 Å². The van der Waals surface area contributed by atoms with Crippen LogP contribution in [-0.4, -0.2) is 35.9 Å². The minimum Gasteiger partial charge on any atom is -0.374 e. The van der Waals surface area contributed by atoms with Crippen LogP contribution in [0, 0.1) is 10.1 Å². The molecule has 7 nitrogen and oxygen atoms in total. The van der Waals surface area contributed by atoms with Crippen LogP contribution in [0.15, 0.2) is 103 Å². The summed E-state index contributed by atoms with van der Waals surface area (Å²) in [6.45, 7) is 1.39. The Balaban J connectivity index is 1.49. The molecule has 0 aliphatic carbocycles. The fraction of sp³-hybridized carbons (Fsp3) is 0.286. The maximum Gasteiger partial charge on any atom is 0.233 e. The van der Waals surface area contributed by atoms with Gasteiger partial charge in [0.2, 0.25) is 6.20 Å². The lowest BCUT2D eigenvalue weighted by Crippen LogP contribution is -2.38. The van der Waals surface area contributed by atoms with E-state index < -0.39 is 29.3 Å². The largest absolute Gasteiger partial charge is 0.374 e. The third-order valence-electron chi connectivity index (χ3n) is 5.71. The zero-order chi connectivity index (χ0) is 24.3. The summed E-state index contributed by atoms with van der Waals surface area (Å²) in [7, 11) is 0. The molecule has 4 atom stereocenters. The van der Waals surface area contributed by atoms with Gasteiger partial charge in [0.25, 0.3) is 0 Å². The smallest absolute Gasteiger partial charge is 0.233 e. The van der Waals surface area contributed by atoms with E-state index in [1.165, 1.54) is 6.08 Å². The van der Waals surface area contributed by atoms with Gasteiger partial charge >= 0.3 is 0 Å². The number of ether oxygens (including phenoxy) is 4. The van der Waals surface area contributed by atoms with Gasteiger partial charge in [-0.05, 0) is 16.7 Å². The zero-order valence-electron chi connectivity index (χ0n) is 19.3. The first kappa shape index (κ1) is 24.8. The standard InChI is InChI=1S/C28H29NO6/c30-29(31)17-16-25-27(33-19-23-12-6-2-7-13-23)28(34-20-24-14-8-3-9-15-24)26(35-25)21-32-18-22-10-4-1-5-11-22/h1-17,25-28H,18-21H2/t25-,26+,27-,28+/m0/s1. The molecule has 1 heterocycles. The van der Waals surface area contributed by atoms with Crippen molar-refractivity contribution >= 4 is 0 Å². The van der Waals surface area contributed by atoms with Gasteiger partial charge in [-0.3, -0.25) is 10.1 Å². The van der Waals surface area contributed by atoms with Crippen molar-refractivity contribution in [3.63, 3.8) is 0 Å². The summed E-state index contributed by atoms with van der Waals surface area (Å²) in [5.74, 6) is 0. The molecule has 0 amide bonds. The molecule has 1 fully saturated rings. The minimum atomic E-state index is -0.643. The summed E-state index contributed by atoms with van der Waals surface area (Å²) in [4.78, 5) is 10.5. The fourth-order valence-corrected chi connectivity index (χ4v) is 3.99. The predicted octanol–water partition coefficient (Wildman–Crippen LogP) is 4.93. The molecule has 0 aromatic heterocycles. The van der Waals surface area contributed by atoms with Gasteiger partial charge < -0.3 is 18.9 Å². The topological polar surface area (TPSA) is 80.1 Å². The fourth-order valence-electron chi connectivity index (χ4n) is 3.99. The maximum atomic E-state index is 11.0. The van der Waals surface area contributed by atoms with Crippen LogP contribution >= 0.6 is 0 Å². The Morgan fingerprint density at radius 2 is 1.23 bits per heavy atom. The van der Waals surface area contributed by atoms with Crippen LogP contribution in [0.3, 0.4) is 0 Å². The Bertz CT molecular complexity index is 1060. The first-order valence-corrected chi connectivity index (χ1v) is 11.6. The molecule has 1 aliphatic rings. The summed E-state index contributed by atoms with van der Waals surface area (Å²) in [6.07, 6.45) is 0.202. The van der Waals surface area contributed by atoms with E-state index in [4.69, 9.17) is 18.9 Å². The van der Waals surface area contributed by atoms with Crippen LogP contribution in [0.25, 0.3) is 0 Å². The Labute approximate surface area is 205 Å². The van der Waals surface area contributed by atoms with E-state index in [1.54, 1.807) is 0 Å². The predicted molar refractivity (Wildman–Crippen MR) is 131 cm³/mol. The quantitative estimate of drug-likeness (QED) is 0.273. The van der Waals surface area contributed by atoms with Gasteiger partial charge in [0.15, 0.2) is 0 Å². The van der Waals surface area contributed by atoms with E-state index in [-0.39, 0.29) is 6.61 Å². The van der Waals surface area contributed by atoms with Crippen LogP contribution in [0.1, 0.15) is 16.7 Å². The van der Waals surface area contributed by atoms with Gasteiger partial charge in [-0.2, -0.15) is 0 Å². The summed E-state index contributed by atoms with van der Waals surface area (Å²) in [5, 5.41) is 11.0. The molecular formula is C28H29NO6. The Morgan fingerprint density at radius 3 is 1.74 bits per heavy atom. The SMILES string of the molecule is O=[N+]([O-])C=C[C@@H]1O[C@H](COCc2ccccc2)[C@@H](OCc2ccccc2)[C@H]1OCc1ccccc1. The highest BCUT2D eigenvalue weighted by Crippen LogP contribution is 2.30. The van der Waals surface area contributed by atoms with Gasteiger partial charge in [0.1, 0.15) is 24.4 Å². The summed E-state index contributed by atoms with van der Waals surface area (Å²) >= 11 is 0. The van der Waals surface area contributed by atoms with Crippen molar-refractivity contribution in [3.8, 4) is 0 Å². The average molecular weight is 476 g/mol. The number of hydrogen-bond donors (Lipinski definition) is 0. The maximum absolute atomic E-state index is 11.0. The van der Waals surface area contributed by atoms with Crippen LogP contribution in [-0.2, 0) is 38.8 Å². The average Bonchev–Trinajstić information content (AvgIpc) is 3.23. The molecule has 35 heavy (non-hydrogen) atoms. The molecule has 0 spiro atoms. The lowest BCUT2D eigenvalue weighted by Gasteiger charge is -2.24. The Hall–Kier alpha value is -3.36. The first-order chi connectivity index (χ1) is 17.2. The minimum absolute atomic E-state index is 0.266. The molecular weight excluding hydrogens is 446 g/mol. The van der Waals surface area contributed by atoms with Gasteiger partial charge in [-0.25, -0.2) is 0 Å². The van der Waals surface area contributed by atoms with Crippen molar-refractivity contribution in [2.75, 3.05) is 6.61 Å². The molecule has 0 N–H and O–H groups in total. The second-order valence-electron chi connectivity index (χ2n) is 8.29. The number of rotatable bonds is 12. The lowest BCUT2D eigenvalue weighted by atomic mass is 10.1. The molecule has 0 unspecified atom stereocenters. The van der Waals surface area contributed by atoms with Crippen molar-refractivity contribution < 1.29 is 23.9 Å². The van der Waals surface area contributed by atoms with Gasteiger partial charge in [-0.15, -0.1) is 0 Å². The van der Waals surface area contributed by atoms with Crippen molar-refractivity contribution in [1.82, 2.24) is 0 Å². The Kier molecular flexibility index (Phi) is 9.14. The van der Waals surface area contributed by atoms with Gasteiger partial charge in [0.05, 0.1) is 31.4 Å². The number of benzene rings is 3. The van der Waals surface area contributed by atoms with Crippen molar-refractivity contribution in [2.24, 2.45) is 0 Å². The number of nitrogens with zero attached hydrogens (tertiary/aromatic N) is 1. The molecule has 1 saturated heterocycles. The normalized spacial score (nSPS) is 21.9. The van der Waals surface area contributed by atoms with E-state index >= 15 is 0 Å². The van der Waals surface area contributed by atoms with Gasteiger partial charge in [-0.1, -0.05) is 91.0 Å². The molecule has 4 rings (SSSR count). The number of nitro groups is 1. The van der Waals surface area contributed by atoms with Gasteiger partial charge in [0, 0.05) is 6.08 Å². The molecule has 1 aliphatic heterocycles. The van der Waals surface area contributed by atoms with Crippen LogP contribution < -0.4 is 0 Å². The third kappa shape index (κ3) is 7.56. The highest BCUT2D eigenvalue weighted by atomic mass is 16.6. The van der Waals surface area contributed by atoms with E-state index in [0.29, 0.717) is 19.8 Å². The highest BCUT2D eigenvalue weighted by Gasteiger charge is 2.45. The molecule has 0 bridgehead atoms. The lowest BCUT2D eigenvalue weighted by molar-refractivity contribution is -0.403. The summed E-state index contributed by atoms with van der Waals surface area (Å²) in [6, 6.07) is 29.5. The van der Waals surface area contributed by atoms with E-state index in [1.807, 2.05) is 91.0 Å². The number of hydrogen-bond acceptors (Lipinski definition) is 6. The molecule has 3 aromatic rings. The second kappa shape index (κ2) is 12.9. The van der Waals surface area contributed by atoms with E-state index in [2.05, 4.69) is 0 Å². The molecule has 0 saturated carbocycles. The highest BCUT2D eigenvalue weighted by molar-refractivity contribution is 5.16. The van der Waals surface area contributed by atoms with Crippen molar-refractivity contribution in [1.29, 1.82) is 0 Å². The molecule has 7 heteroatoms. The summed E-state index contributed by atoms with van der Waals surface area (Å²) < 4.78 is 24.7. The van der Waals surface area contributed by atoms with E-state index in [9.17, 15) is 10.1 Å². The molecule has 182 valence electrons. The monoisotopic (exact) mass is 475 g/mol. The zero-order valence-corrected chi connectivity index (χ0v) is 19.3. The van der Waals surface area contributed by atoms with Crippen LogP contribution in [0.2, 0.25) is 0 Å². The Morgan fingerprint density at radius 1 is 0.743 bits per heavy atom. The molecule has 0 radical (unpaired) electrons.